The van der Waals surface area contributed by atoms with Crippen LogP contribution in [0.25, 0.3) is 0 Å². The van der Waals surface area contributed by atoms with Crippen LogP contribution in [-0.2, 0) is 24.7 Å². The number of aromatic nitrogens is 1. The molecule has 26 heavy (non-hydrogen) atoms. The van der Waals surface area contributed by atoms with Crippen LogP contribution in [0.1, 0.15) is 39.1 Å². The first-order valence-corrected chi connectivity index (χ1v) is 9.28. The summed E-state index contributed by atoms with van der Waals surface area (Å²) < 4.78 is 1.97. The minimum absolute atomic E-state index is 0.0394. The smallest absolute Gasteiger partial charge is 0.209 e. The average molecular weight is 368 g/mol. The Kier molecular flexibility index (Phi) is 6.92. The number of carboxylic acids is 1. The third-order valence-electron chi connectivity index (χ3n) is 4.03. The number of nitrogens with zero attached hydrogens (tertiary/aromatic N) is 1. The minimum atomic E-state index is -1.02. The normalized spacial score (nSPS) is 10.1. The fourth-order valence-corrected chi connectivity index (χ4v) is 3.23. The second-order valence-corrected chi connectivity index (χ2v) is 6.98. The molecule has 0 spiro atoms. The van der Waals surface area contributed by atoms with E-state index in [0.29, 0.717) is 0 Å². The number of thiophene rings is 1. The van der Waals surface area contributed by atoms with Crippen LogP contribution in [0.2, 0.25) is 0 Å². The van der Waals surface area contributed by atoms with Gasteiger partial charge in [0.15, 0.2) is 0 Å². The molecular formula is C21H22NO3S-. The van der Waals surface area contributed by atoms with Crippen molar-refractivity contribution in [2.45, 2.75) is 26.7 Å². The van der Waals surface area contributed by atoms with Crippen molar-refractivity contribution in [1.82, 2.24) is 4.57 Å². The highest BCUT2D eigenvalue weighted by molar-refractivity contribution is 7.10. The van der Waals surface area contributed by atoms with Crippen molar-refractivity contribution in [1.29, 1.82) is 0 Å². The molecule has 0 N–H and O–H groups in total. The lowest BCUT2D eigenvalue weighted by Gasteiger charge is -2.06. The molecule has 0 bridgehead atoms. The lowest BCUT2D eigenvalue weighted by molar-refractivity contribution is -0.304. The molecule has 0 aliphatic rings. The van der Waals surface area contributed by atoms with Gasteiger partial charge in [-0.05, 0) is 36.9 Å². The Bertz CT molecular complexity index is 861. The Morgan fingerprint density at radius 3 is 2.27 bits per heavy atom. The fourth-order valence-electron chi connectivity index (χ4n) is 2.54. The SMILES string of the molecule is CCc1ccc(C(=O)c2ccc(C)cc2)n1C.O=C([O-])Cc1cccs1. The Labute approximate surface area is 157 Å². The van der Waals surface area contributed by atoms with Crippen LogP contribution in [-0.4, -0.2) is 16.3 Å². The highest BCUT2D eigenvalue weighted by atomic mass is 32.1. The number of hydrogen-bond donors (Lipinski definition) is 0. The van der Waals surface area contributed by atoms with E-state index < -0.39 is 5.97 Å². The summed E-state index contributed by atoms with van der Waals surface area (Å²) in [4.78, 5) is 23.1. The first-order chi connectivity index (χ1) is 12.4. The second kappa shape index (κ2) is 9.15. The maximum atomic E-state index is 12.3. The molecule has 0 unspecified atom stereocenters. The van der Waals surface area contributed by atoms with Gasteiger partial charge in [-0.15, -0.1) is 11.3 Å². The number of benzene rings is 1. The van der Waals surface area contributed by atoms with Gasteiger partial charge >= 0.3 is 0 Å². The zero-order valence-corrected chi connectivity index (χ0v) is 16.0. The van der Waals surface area contributed by atoms with Crippen LogP contribution >= 0.6 is 11.3 Å². The fraction of sp³-hybridized carbons (Fsp3) is 0.238. The molecule has 2 heterocycles. The first kappa shape index (κ1) is 19.7. The van der Waals surface area contributed by atoms with Crippen LogP contribution in [0.15, 0.2) is 53.9 Å². The van der Waals surface area contributed by atoms with E-state index in [1.807, 2.05) is 66.4 Å². The van der Waals surface area contributed by atoms with E-state index in [1.165, 1.54) is 22.6 Å². The number of rotatable bonds is 5. The summed E-state index contributed by atoms with van der Waals surface area (Å²) in [6, 6.07) is 15.2. The second-order valence-electron chi connectivity index (χ2n) is 5.95. The Balaban J connectivity index is 0.000000228. The van der Waals surface area contributed by atoms with Gasteiger partial charge in [-0.25, -0.2) is 0 Å². The maximum Gasteiger partial charge on any atom is 0.209 e. The lowest BCUT2D eigenvalue weighted by Crippen LogP contribution is -2.23. The molecule has 0 atom stereocenters. The summed E-state index contributed by atoms with van der Waals surface area (Å²) in [5.74, 6) is -0.926. The van der Waals surface area contributed by atoms with Gasteiger partial charge in [0.1, 0.15) is 0 Å². The number of carbonyl (C=O) groups is 2. The quantitative estimate of drug-likeness (QED) is 0.650. The molecule has 0 radical (unpaired) electrons. The van der Waals surface area contributed by atoms with Crippen LogP contribution in [0, 0.1) is 6.92 Å². The number of carbonyl (C=O) groups excluding carboxylic acids is 2. The highest BCUT2D eigenvalue weighted by Crippen LogP contribution is 2.14. The molecule has 1 aromatic carbocycles. The molecule has 3 aromatic rings. The van der Waals surface area contributed by atoms with Gasteiger partial charge < -0.3 is 14.5 Å². The maximum absolute atomic E-state index is 12.3. The number of aryl methyl sites for hydroxylation is 2. The number of carboxylic acid groups (broad SMARTS) is 1. The Morgan fingerprint density at radius 1 is 1.08 bits per heavy atom. The molecule has 136 valence electrons. The van der Waals surface area contributed by atoms with Gasteiger partial charge in [0.05, 0.1) is 5.69 Å². The summed E-state index contributed by atoms with van der Waals surface area (Å²) in [7, 11) is 1.94. The van der Waals surface area contributed by atoms with Crippen LogP contribution < -0.4 is 5.11 Å². The highest BCUT2D eigenvalue weighted by Gasteiger charge is 2.13. The standard InChI is InChI=1S/C15H17NO.C6H6O2S/c1-4-13-9-10-14(16(13)3)15(17)12-7-5-11(2)6-8-12;7-6(8)4-5-2-1-3-9-5/h5-10H,4H2,1-3H3;1-3H,4H2,(H,7,8)/p-1. The third kappa shape index (κ3) is 5.17. The monoisotopic (exact) mass is 368 g/mol. The van der Waals surface area contributed by atoms with E-state index in [0.717, 1.165) is 22.6 Å². The van der Waals surface area contributed by atoms with Crippen molar-refractivity contribution >= 4 is 23.1 Å². The van der Waals surface area contributed by atoms with Gasteiger partial charge in [-0.3, -0.25) is 4.79 Å². The summed E-state index contributed by atoms with van der Waals surface area (Å²) in [6.07, 6.45) is 0.981. The van der Waals surface area contributed by atoms with Crippen molar-refractivity contribution in [2.75, 3.05) is 0 Å². The van der Waals surface area contributed by atoms with Gasteiger partial charge in [-0.1, -0.05) is 42.8 Å². The molecule has 2 aromatic heterocycles. The molecule has 0 amide bonds. The van der Waals surface area contributed by atoms with E-state index in [2.05, 4.69) is 6.92 Å². The predicted octanol–water partition coefficient (Wildman–Crippen LogP) is 3.17. The van der Waals surface area contributed by atoms with Gasteiger partial charge in [0.25, 0.3) is 0 Å². The van der Waals surface area contributed by atoms with Crippen molar-refractivity contribution in [2.24, 2.45) is 7.05 Å². The average Bonchev–Trinajstić information content (AvgIpc) is 3.24. The molecule has 0 fully saturated rings. The Hall–Kier alpha value is -2.66. The minimum Gasteiger partial charge on any atom is -0.550 e. The van der Waals surface area contributed by atoms with Crippen LogP contribution in [0.3, 0.4) is 0 Å². The molecule has 3 rings (SSSR count). The lowest BCUT2D eigenvalue weighted by atomic mass is 10.1. The van der Waals surface area contributed by atoms with Gasteiger partial charge in [-0.2, -0.15) is 0 Å². The molecule has 0 aliphatic carbocycles. The molecule has 0 aliphatic heterocycles. The number of hydrogen-bond acceptors (Lipinski definition) is 4. The third-order valence-corrected chi connectivity index (χ3v) is 4.91. The Morgan fingerprint density at radius 2 is 1.77 bits per heavy atom. The van der Waals surface area contributed by atoms with Crippen molar-refractivity contribution in [3.8, 4) is 0 Å². The summed E-state index contributed by atoms with van der Waals surface area (Å²) >= 11 is 1.43. The molecule has 0 saturated carbocycles. The van der Waals surface area contributed by atoms with Crippen molar-refractivity contribution in [3.05, 3.63) is 81.3 Å². The summed E-state index contributed by atoms with van der Waals surface area (Å²) in [5.41, 5.74) is 3.85. The van der Waals surface area contributed by atoms with Crippen LogP contribution in [0.4, 0.5) is 0 Å². The zero-order valence-electron chi connectivity index (χ0n) is 15.2. The molecular weight excluding hydrogens is 346 g/mol. The number of aliphatic carboxylic acids is 1. The van der Waals surface area contributed by atoms with Gasteiger partial charge in [0, 0.05) is 35.6 Å². The molecule has 5 heteroatoms. The van der Waals surface area contributed by atoms with E-state index in [4.69, 9.17) is 0 Å². The van der Waals surface area contributed by atoms with Crippen molar-refractivity contribution < 1.29 is 14.7 Å². The summed E-state index contributed by atoms with van der Waals surface area (Å²) in [6.45, 7) is 4.11. The first-order valence-electron chi connectivity index (χ1n) is 8.40. The van der Waals surface area contributed by atoms with E-state index in [9.17, 15) is 14.7 Å². The van der Waals surface area contributed by atoms with Gasteiger partial charge in [0.2, 0.25) is 5.78 Å². The largest absolute Gasteiger partial charge is 0.550 e. The predicted molar refractivity (Wildman–Crippen MR) is 102 cm³/mol. The number of ketones is 1. The summed E-state index contributed by atoms with van der Waals surface area (Å²) in [5, 5.41) is 11.8. The van der Waals surface area contributed by atoms with E-state index in [1.54, 1.807) is 6.07 Å². The molecule has 0 saturated heterocycles. The topological polar surface area (TPSA) is 62.1 Å². The van der Waals surface area contributed by atoms with Crippen LogP contribution in [0.5, 0.6) is 0 Å². The van der Waals surface area contributed by atoms with E-state index >= 15 is 0 Å². The molecule has 4 nitrogen and oxygen atoms in total. The van der Waals surface area contributed by atoms with Crippen molar-refractivity contribution in [3.63, 3.8) is 0 Å². The zero-order chi connectivity index (χ0) is 19.1. The van der Waals surface area contributed by atoms with E-state index in [-0.39, 0.29) is 12.2 Å².